The number of imidazole rings is 1. The molecular weight excluding hydrogens is 388 g/mol. The second-order valence-electron chi connectivity index (χ2n) is 6.95. The third-order valence-corrected chi connectivity index (χ3v) is 5.97. The number of benzene rings is 3. The highest BCUT2D eigenvalue weighted by Gasteiger charge is 2.12. The molecule has 5 rings (SSSR count). The van der Waals surface area contributed by atoms with E-state index in [0.717, 1.165) is 43.7 Å². The zero-order valence-corrected chi connectivity index (χ0v) is 17.3. The van der Waals surface area contributed by atoms with Gasteiger partial charge in [-0.3, -0.25) is 4.98 Å². The lowest BCUT2D eigenvalue weighted by Gasteiger charge is -2.20. The molecule has 3 aromatic carbocycles. The second kappa shape index (κ2) is 8.05. The van der Waals surface area contributed by atoms with E-state index in [1.807, 2.05) is 60.8 Å². The third kappa shape index (κ3) is 3.67. The molecule has 0 amide bonds. The van der Waals surface area contributed by atoms with Crippen LogP contribution in [0.15, 0.2) is 107 Å². The molecule has 5 aromatic rings. The first-order chi connectivity index (χ1) is 14.8. The van der Waals surface area contributed by atoms with Crippen LogP contribution in [0, 0.1) is 0 Å². The van der Waals surface area contributed by atoms with E-state index in [9.17, 15) is 0 Å². The number of anilines is 2. The van der Waals surface area contributed by atoms with Gasteiger partial charge in [0.1, 0.15) is 0 Å². The molecule has 146 valence electrons. The summed E-state index contributed by atoms with van der Waals surface area (Å²) in [5.74, 6) is 0. The average Bonchev–Trinajstić information content (AvgIpc) is 3.22. The first-order valence-electron chi connectivity index (χ1n) is 9.75. The quantitative estimate of drug-likeness (QED) is 0.358. The maximum atomic E-state index is 4.71. The fraction of sp³-hybridized carbons (Fsp3) is 0.0400. The van der Waals surface area contributed by atoms with E-state index in [4.69, 9.17) is 4.98 Å². The molecule has 0 spiro atoms. The van der Waals surface area contributed by atoms with Gasteiger partial charge in [0, 0.05) is 35.1 Å². The summed E-state index contributed by atoms with van der Waals surface area (Å²) in [7, 11) is 2.07. The predicted octanol–water partition coefficient (Wildman–Crippen LogP) is 6.54. The Morgan fingerprint density at radius 2 is 1.57 bits per heavy atom. The van der Waals surface area contributed by atoms with Crippen LogP contribution in [0.2, 0.25) is 0 Å². The number of hydrogen-bond donors (Lipinski definition) is 1. The highest BCUT2D eigenvalue weighted by Crippen LogP contribution is 2.36. The third-order valence-electron chi connectivity index (χ3n) is 5.01. The fourth-order valence-corrected chi connectivity index (χ4v) is 4.37. The Balaban J connectivity index is 1.49. The Hall–Kier alpha value is -3.57. The molecule has 4 nitrogen and oxygen atoms in total. The van der Waals surface area contributed by atoms with Crippen molar-refractivity contribution in [2.75, 3.05) is 11.9 Å². The minimum absolute atomic E-state index is 0.876. The van der Waals surface area contributed by atoms with Gasteiger partial charge < -0.3 is 9.88 Å². The average molecular weight is 409 g/mol. The molecule has 0 bridgehead atoms. The van der Waals surface area contributed by atoms with Crippen molar-refractivity contribution in [1.29, 1.82) is 0 Å². The van der Waals surface area contributed by atoms with E-state index in [1.165, 1.54) is 0 Å². The number of pyridine rings is 1. The Kier molecular flexibility index (Phi) is 4.95. The molecule has 0 radical (unpaired) electrons. The number of aromatic amines is 1. The molecule has 0 aliphatic carbocycles. The van der Waals surface area contributed by atoms with Crippen molar-refractivity contribution in [3.8, 4) is 11.3 Å². The zero-order valence-electron chi connectivity index (χ0n) is 16.5. The van der Waals surface area contributed by atoms with Gasteiger partial charge in [0.05, 0.1) is 16.7 Å². The lowest BCUT2D eigenvalue weighted by molar-refractivity contribution is 1.08. The summed E-state index contributed by atoms with van der Waals surface area (Å²) in [6, 6.07) is 30.9. The summed E-state index contributed by atoms with van der Waals surface area (Å²) < 4.78 is 0. The summed E-state index contributed by atoms with van der Waals surface area (Å²) in [6.07, 6.45) is 1.87. The standard InChI is InChI=1S/C25H20N4S/c1-29(18-9-3-2-4-10-18)19-15-16-26-23(17-19)20-11-5-8-14-24(20)30-25-27-21-12-6-7-13-22(21)28-25/h2-17H,1H3,(H,27,28). The van der Waals surface area contributed by atoms with Crippen molar-refractivity contribution in [1.82, 2.24) is 15.0 Å². The molecule has 0 aliphatic rings. The van der Waals surface area contributed by atoms with Gasteiger partial charge in [-0.25, -0.2) is 4.98 Å². The summed E-state index contributed by atoms with van der Waals surface area (Å²) in [4.78, 5) is 16.0. The van der Waals surface area contributed by atoms with Crippen LogP contribution in [0.5, 0.6) is 0 Å². The molecule has 1 N–H and O–H groups in total. The second-order valence-corrected chi connectivity index (χ2v) is 7.98. The Labute approximate surface area is 179 Å². The largest absolute Gasteiger partial charge is 0.345 e. The Bertz CT molecular complexity index is 1260. The molecule has 0 saturated carbocycles. The highest BCUT2D eigenvalue weighted by molar-refractivity contribution is 7.99. The minimum atomic E-state index is 0.876. The first-order valence-corrected chi connectivity index (χ1v) is 10.6. The van der Waals surface area contributed by atoms with Crippen LogP contribution >= 0.6 is 11.8 Å². The normalized spacial score (nSPS) is 11.0. The van der Waals surface area contributed by atoms with Gasteiger partial charge in [-0.1, -0.05) is 60.3 Å². The molecule has 0 saturated heterocycles. The zero-order chi connectivity index (χ0) is 20.3. The monoisotopic (exact) mass is 408 g/mol. The van der Waals surface area contributed by atoms with Crippen molar-refractivity contribution in [3.05, 3.63) is 97.2 Å². The molecule has 5 heteroatoms. The fourth-order valence-electron chi connectivity index (χ4n) is 3.43. The van der Waals surface area contributed by atoms with Crippen LogP contribution in [-0.4, -0.2) is 22.0 Å². The molecule has 30 heavy (non-hydrogen) atoms. The van der Waals surface area contributed by atoms with Crippen LogP contribution in [-0.2, 0) is 0 Å². The van der Waals surface area contributed by atoms with E-state index >= 15 is 0 Å². The van der Waals surface area contributed by atoms with Crippen molar-refractivity contribution >= 4 is 34.2 Å². The SMILES string of the molecule is CN(c1ccccc1)c1ccnc(-c2ccccc2Sc2nc3ccccc3[nH]2)c1. The molecule has 0 fully saturated rings. The van der Waals surface area contributed by atoms with E-state index in [2.05, 4.69) is 58.3 Å². The topological polar surface area (TPSA) is 44.8 Å². The summed E-state index contributed by atoms with van der Waals surface area (Å²) in [5, 5.41) is 0.876. The number of aromatic nitrogens is 3. The lowest BCUT2D eigenvalue weighted by Crippen LogP contribution is -2.09. The van der Waals surface area contributed by atoms with E-state index in [1.54, 1.807) is 11.8 Å². The number of nitrogens with zero attached hydrogens (tertiary/aromatic N) is 3. The maximum Gasteiger partial charge on any atom is 0.171 e. The van der Waals surface area contributed by atoms with Crippen LogP contribution in [0.3, 0.4) is 0 Å². The van der Waals surface area contributed by atoms with Gasteiger partial charge in [0.2, 0.25) is 0 Å². The summed E-state index contributed by atoms with van der Waals surface area (Å²) in [6.45, 7) is 0. The number of rotatable bonds is 5. The van der Waals surface area contributed by atoms with Crippen LogP contribution < -0.4 is 4.90 Å². The van der Waals surface area contributed by atoms with Gasteiger partial charge in [-0.2, -0.15) is 0 Å². The molecule has 0 aliphatic heterocycles. The molecular formula is C25H20N4S. The van der Waals surface area contributed by atoms with E-state index in [0.29, 0.717) is 0 Å². The molecule has 0 unspecified atom stereocenters. The van der Waals surface area contributed by atoms with E-state index < -0.39 is 0 Å². The number of nitrogens with one attached hydrogen (secondary N) is 1. The van der Waals surface area contributed by atoms with Crippen molar-refractivity contribution < 1.29 is 0 Å². The predicted molar refractivity (Wildman–Crippen MR) is 124 cm³/mol. The van der Waals surface area contributed by atoms with Crippen molar-refractivity contribution in [2.45, 2.75) is 10.1 Å². The Morgan fingerprint density at radius 3 is 2.43 bits per heavy atom. The number of para-hydroxylation sites is 3. The van der Waals surface area contributed by atoms with Crippen LogP contribution in [0.4, 0.5) is 11.4 Å². The van der Waals surface area contributed by atoms with Crippen molar-refractivity contribution in [2.24, 2.45) is 0 Å². The minimum Gasteiger partial charge on any atom is -0.345 e. The van der Waals surface area contributed by atoms with Gasteiger partial charge in [-0.15, -0.1) is 0 Å². The number of H-pyrrole nitrogens is 1. The highest BCUT2D eigenvalue weighted by atomic mass is 32.2. The summed E-state index contributed by atoms with van der Waals surface area (Å²) in [5.41, 5.74) is 6.28. The van der Waals surface area contributed by atoms with Gasteiger partial charge >= 0.3 is 0 Å². The van der Waals surface area contributed by atoms with E-state index in [-0.39, 0.29) is 0 Å². The number of fused-ring (bicyclic) bond motifs is 1. The maximum absolute atomic E-state index is 4.71. The first kappa shape index (κ1) is 18.5. The smallest absolute Gasteiger partial charge is 0.171 e. The van der Waals surface area contributed by atoms with Gasteiger partial charge in [0.15, 0.2) is 5.16 Å². The van der Waals surface area contributed by atoms with Gasteiger partial charge in [0.25, 0.3) is 0 Å². The van der Waals surface area contributed by atoms with Crippen LogP contribution in [0.25, 0.3) is 22.3 Å². The molecule has 2 aromatic heterocycles. The molecule has 0 atom stereocenters. The van der Waals surface area contributed by atoms with Gasteiger partial charge in [-0.05, 0) is 42.5 Å². The van der Waals surface area contributed by atoms with Crippen LogP contribution in [0.1, 0.15) is 0 Å². The van der Waals surface area contributed by atoms with Crippen molar-refractivity contribution in [3.63, 3.8) is 0 Å². The number of hydrogen-bond acceptors (Lipinski definition) is 4. The molecule has 2 heterocycles. The summed E-state index contributed by atoms with van der Waals surface area (Å²) >= 11 is 1.63. The lowest BCUT2D eigenvalue weighted by atomic mass is 10.1. The Morgan fingerprint density at radius 1 is 0.800 bits per heavy atom.